The van der Waals surface area contributed by atoms with Crippen molar-refractivity contribution in [1.29, 1.82) is 0 Å². The zero-order valence-electron chi connectivity index (χ0n) is 27.6. The van der Waals surface area contributed by atoms with E-state index in [2.05, 4.69) is 0 Å². The average Bonchev–Trinajstić information content (AvgIpc) is 2.99. The fourth-order valence-electron chi connectivity index (χ4n) is 4.74. The second kappa shape index (κ2) is 30.3. The van der Waals surface area contributed by atoms with E-state index in [1.165, 1.54) is 14.7 Å². The molecule has 47 heavy (non-hydrogen) atoms. The van der Waals surface area contributed by atoms with Gasteiger partial charge in [0.15, 0.2) is 0 Å². The van der Waals surface area contributed by atoms with Crippen LogP contribution in [0, 0.1) is 39.9 Å². The summed E-state index contributed by atoms with van der Waals surface area (Å²) < 4.78 is 0. The maximum absolute atomic E-state index is 13.4. The van der Waals surface area contributed by atoms with Crippen molar-refractivity contribution in [3.05, 3.63) is 0 Å². The SMILES string of the molecule is NCCCCN(CCCCN)C(=O)CN(CCN(CCN(CC(=O)[O-])C(=O)N(CCCCN)CCCCN)CC(=O)[O-])CC(=O)[O-].[Gd+3]. The molecule has 0 rings (SSSR count). The van der Waals surface area contributed by atoms with Crippen molar-refractivity contribution in [3.8, 4) is 0 Å². The third-order valence-corrected chi connectivity index (χ3v) is 7.23. The molecule has 0 aromatic carbocycles. The maximum atomic E-state index is 13.4. The normalized spacial score (nSPS) is 10.9. The Morgan fingerprint density at radius 2 is 0.766 bits per heavy atom. The molecule has 0 aliphatic rings. The maximum Gasteiger partial charge on any atom is 3.00 e. The van der Waals surface area contributed by atoms with Crippen LogP contribution in [0.25, 0.3) is 0 Å². The molecule has 0 heterocycles. The Morgan fingerprint density at radius 3 is 1.17 bits per heavy atom. The van der Waals surface area contributed by atoms with Gasteiger partial charge in [0.2, 0.25) is 5.91 Å². The smallest absolute Gasteiger partial charge is 0.549 e. The van der Waals surface area contributed by atoms with Crippen LogP contribution < -0.4 is 38.3 Å². The summed E-state index contributed by atoms with van der Waals surface area (Å²) in [5, 5.41) is 34.6. The number of carboxylic acid groups (broad SMARTS) is 3. The molecular formula is C29H56GdN9O8. The molecule has 8 N–H and O–H groups in total. The van der Waals surface area contributed by atoms with Crippen LogP contribution in [0.4, 0.5) is 4.79 Å². The van der Waals surface area contributed by atoms with Gasteiger partial charge in [-0.2, -0.15) is 0 Å². The molecule has 0 saturated heterocycles. The Morgan fingerprint density at radius 1 is 0.404 bits per heavy atom. The summed E-state index contributed by atoms with van der Waals surface area (Å²) in [6, 6.07) is -0.541. The van der Waals surface area contributed by atoms with Gasteiger partial charge in [-0.25, -0.2) is 4.79 Å². The van der Waals surface area contributed by atoms with Gasteiger partial charge in [0.05, 0.1) is 31.0 Å². The molecule has 3 amide bonds. The quantitative estimate of drug-likeness (QED) is 0.0493. The zero-order chi connectivity index (χ0) is 34.7. The van der Waals surface area contributed by atoms with Gasteiger partial charge in [-0.15, -0.1) is 0 Å². The number of hydrogen-bond donors (Lipinski definition) is 4. The number of nitrogens with zero attached hydrogens (tertiary/aromatic N) is 5. The van der Waals surface area contributed by atoms with Crippen molar-refractivity contribution < 1.29 is 79.2 Å². The molecule has 0 aromatic rings. The van der Waals surface area contributed by atoms with E-state index < -0.39 is 43.6 Å². The topological polar surface area (TPSA) is 275 Å². The van der Waals surface area contributed by atoms with E-state index in [1.807, 2.05) is 0 Å². The van der Waals surface area contributed by atoms with E-state index in [-0.39, 0.29) is 78.6 Å². The number of nitrogens with two attached hydrogens (primary N) is 4. The summed E-state index contributed by atoms with van der Waals surface area (Å²) in [5.74, 6) is -4.61. The molecule has 0 aliphatic carbocycles. The van der Waals surface area contributed by atoms with Crippen molar-refractivity contribution in [3.63, 3.8) is 0 Å². The van der Waals surface area contributed by atoms with Gasteiger partial charge in [0, 0.05) is 65.4 Å². The van der Waals surface area contributed by atoms with Gasteiger partial charge in [0.25, 0.3) is 0 Å². The monoisotopic (exact) mass is 816 g/mol. The summed E-state index contributed by atoms with van der Waals surface area (Å²) in [5.41, 5.74) is 22.3. The summed E-state index contributed by atoms with van der Waals surface area (Å²) in [4.78, 5) is 68.1. The zero-order valence-corrected chi connectivity index (χ0v) is 29.9. The minimum Gasteiger partial charge on any atom is -0.549 e. The van der Waals surface area contributed by atoms with Crippen molar-refractivity contribution in [1.82, 2.24) is 24.5 Å². The number of carbonyl (C=O) groups is 5. The molecule has 0 unspecified atom stereocenters. The number of rotatable bonds is 30. The first kappa shape index (κ1) is 47.4. The molecule has 18 heteroatoms. The van der Waals surface area contributed by atoms with E-state index >= 15 is 0 Å². The van der Waals surface area contributed by atoms with Crippen LogP contribution in [0.2, 0.25) is 0 Å². The minimum absolute atomic E-state index is 0. The van der Waals surface area contributed by atoms with Gasteiger partial charge >= 0.3 is 46.0 Å². The van der Waals surface area contributed by atoms with Crippen LogP contribution in [0.5, 0.6) is 0 Å². The van der Waals surface area contributed by atoms with Crippen LogP contribution in [0.3, 0.4) is 0 Å². The van der Waals surface area contributed by atoms with Gasteiger partial charge in [-0.3, -0.25) is 14.6 Å². The van der Waals surface area contributed by atoms with Crippen LogP contribution in [-0.2, 0) is 19.2 Å². The standard InChI is InChI=1S/C29H59N9O8.Gd/c30-9-1-5-13-36(14-6-2-10-31)25(39)21-35(23-27(42)43)18-17-34(22-26(40)41)19-20-38(24-28(44)45)29(46)37(15-7-3-11-32)16-8-4-12-33;/h1-24,30-33H2,(H,40,41)(H,42,43)(H,44,45);/q;+3/p-3. The van der Waals surface area contributed by atoms with Crippen molar-refractivity contribution in [2.75, 3.05) is 105 Å². The second-order valence-electron chi connectivity index (χ2n) is 11.2. The molecular weight excluding hydrogens is 760 g/mol. The van der Waals surface area contributed by atoms with Gasteiger partial charge < -0.3 is 67.3 Å². The van der Waals surface area contributed by atoms with Crippen molar-refractivity contribution in [2.45, 2.75) is 51.4 Å². The number of carboxylic acids is 3. The van der Waals surface area contributed by atoms with E-state index in [1.54, 1.807) is 4.90 Å². The Balaban J connectivity index is 0. The van der Waals surface area contributed by atoms with Gasteiger partial charge in [0.1, 0.15) is 0 Å². The molecule has 273 valence electrons. The average molecular weight is 816 g/mol. The number of aliphatic carboxylic acids is 3. The largest absolute Gasteiger partial charge is 3.00 e. The van der Waals surface area contributed by atoms with Crippen LogP contribution >= 0.6 is 0 Å². The Labute approximate surface area is 310 Å². The Bertz CT molecular complexity index is 871. The first-order valence-electron chi connectivity index (χ1n) is 16.1. The molecule has 0 saturated carbocycles. The molecule has 0 bridgehead atoms. The van der Waals surface area contributed by atoms with Crippen molar-refractivity contribution in [2.24, 2.45) is 22.9 Å². The van der Waals surface area contributed by atoms with Crippen molar-refractivity contribution >= 4 is 29.8 Å². The first-order valence-corrected chi connectivity index (χ1v) is 16.1. The first-order chi connectivity index (χ1) is 22.0. The molecule has 0 aliphatic heterocycles. The summed E-state index contributed by atoms with van der Waals surface area (Å²) in [6.45, 7) is 1.10. The Hall–Kier alpha value is -1.77. The second-order valence-corrected chi connectivity index (χ2v) is 11.2. The number of hydrogen-bond acceptors (Lipinski definition) is 14. The van der Waals surface area contributed by atoms with Crippen LogP contribution in [0.15, 0.2) is 0 Å². The van der Waals surface area contributed by atoms with E-state index in [4.69, 9.17) is 22.9 Å². The van der Waals surface area contributed by atoms with E-state index in [0.717, 1.165) is 17.7 Å². The molecule has 0 fully saturated rings. The molecule has 0 aromatic heterocycles. The van der Waals surface area contributed by atoms with Gasteiger partial charge in [-0.05, 0) is 77.5 Å². The number of amides is 3. The fourth-order valence-corrected chi connectivity index (χ4v) is 4.74. The third kappa shape index (κ3) is 25.0. The Kier molecular flexibility index (Phi) is 30.5. The third-order valence-electron chi connectivity index (χ3n) is 7.23. The summed E-state index contributed by atoms with van der Waals surface area (Å²) >= 11 is 0. The number of carbonyl (C=O) groups excluding carboxylic acids is 5. The number of urea groups is 1. The number of unbranched alkanes of at least 4 members (excludes halogenated alkanes) is 4. The predicted octanol–water partition coefficient (Wildman–Crippen LogP) is -5.65. The summed E-state index contributed by atoms with van der Waals surface area (Å²) in [6.07, 6.45) is 5.38. The summed E-state index contributed by atoms with van der Waals surface area (Å²) in [7, 11) is 0. The molecule has 17 nitrogen and oxygen atoms in total. The van der Waals surface area contributed by atoms with Crippen LogP contribution in [-0.4, -0.2) is 159 Å². The van der Waals surface area contributed by atoms with E-state index in [0.29, 0.717) is 90.9 Å². The molecule has 0 atom stereocenters. The fraction of sp³-hybridized carbons (Fsp3) is 0.828. The van der Waals surface area contributed by atoms with Crippen LogP contribution in [0.1, 0.15) is 51.4 Å². The van der Waals surface area contributed by atoms with E-state index in [9.17, 15) is 39.3 Å². The minimum atomic E-state index is -1.48. The predicted molar refractivity (Wildman–Crippen MR) is 166 cm³/mol. The molecule has 0 spiro atoms. The van der Waals surface area contributed by atoms with Gasteiger partial charge in [-0.1, -0.05) is 0 Å². The molecule has 1 radical (unpaired) electrons.